The van der Waals surface area contributed by atoms with Gasteiger partial charge in [0.2, 0.25) is 0 Å². The normalized spacial score (nSPS) is 10.4. The molecular weight excluding hydrogens is 636 g/mol. The summed E-state index contributed by atoms with van der Waals surface area (Å²) in [6, 6.07) is 24.5. The molecule has 0 bridgehead atoms. The minimum Gasteiger partial charge on any atom is -1.00 e. The Morgan fingerprint density at radius 3 is 2.30 bits per heavy atom. The van der Waals surface area contributed by atoms with Crippen LogP contribution in [0.1, 0.15) is 23.7 Å². The number of carbonyl (C=O) groups excluding carboxylic acids is 3. The van der Waals surface area contributed by atoms with Crippen LogP contribution >= 0.6 is 15.9 Å². The van der Waals surface area contributed by atoms with Crippen LogP contribution in [0.5, 0.6) is 0 Å². The van der Waals surface area contributed by atoms with E-state index in [0.29, 0.717) is 16.9 Å². The third kappa shape index (κ3) is 9.69. The zero-order valence-corrected chi connectivity index (χ0v) is 26.4. The number of hydrogen-bond acceptors (Lipinski definition) is 5. The average molecular weight is 670 g/mol. The van der Waals surface area contributed by atoms with Gasteiger partial charge in [0.15, 0.2) is 12.4 Å². The van der Waals surface area contributed by atoms with Crippen LogP contribution in [0, 0.1) is 0 Å². The molecule has 11 heteroatoms. The van der Waals surface area contributed by atoms with Gasteiger partial charge < -0.3 is 31.7 Å². The Hall–Kier alpha value is -4.15. The van der Waals surface area contributed by atoms with E-state index in [-0.39, 0.29) is 44.6 Å². The maximum atomic E-state index is 13.6. The predicted molar refractivity (Wildman–Crippen MR) is 166 cm³/mol. The number of hydrogen-bond donors (Lipinski definition) is 1. The topological polar surface area (TPSA) is 92.1 Å². The Kier molecular flexibility index (Phi) is 12.8. The number of pyridine rings is 1. The standard InChI is InChI=1S/C32H33BrN4O5.ClH/c1-3-15-36-22-26(20-27(33)23-36)30(38)37(29-11-5-4-6-12-29)17-19-42-32(40)35(2)16-18-41-31(39)34-28-14-13-24-9-7-8-10-25(24)21-28;/h4-14,20-23H,3,15-19H2,1-2H3;1H. The first-order valence-corrected chi connectivity index (χ1v) is 14.5. The SMILES string of the molecule is CCC[n+]1cc(Br)cc(C(=O)N(CCOC(=O)N(C)CCOC(=O)Nc2ccc3ccccc3c2)c2ccccc2)c1.[Cl-]. The van der Waals surface area contributed by atoms with Crippen molar-refractivity contribution in [2.75, 3.05) is 43.6 Å². The molecule has 0 radical (unpaired) electrons. The largest absolute Gasteiger partial charge is 1.00 e. The van der Waals surface area contributed by atoms with Crippen molar-refractivity contribution in [1.29, 1.82) is 0 Å². The highest BCUT2D eigenvalue weighted by Gasteiger charge is 2.22. The van der Waals surface area contributed by atoms with Gasteiger partial charge in [0.25, 0.3) is 5.91 Å². The fourth-order valence-electron chi connectivity index (χ4n) is 4.34. The van der Waals surface area contributed by atoms with Gasteiger partial charge in [-0.15, -0.1) is 0 Å². The number of carbonyl (C=O) groups is 3. The van der Waals surface area contributed by atoms with Crippen molar-refractivity contribution in [3.63, 3.8) is 0 Å². The molecule has 3 amide bonds. The zero-order chi connectivity index (χ0) is 29.9. The molecule has 0 aliphatic carbocycles. The van der Waals surface area contributed by atoms with Crippen LogP contribution in [0.2, 0.25) is 0 Å². The first-order valence-electron chi connectivity index (χ1n) is 13.7. The number of amides is 3. The highest BCUT2D eigenvalue weighted by molar-refractivity contribution is 9.10. The van der Waals surface area contributed by atoms with Crippen LogP contribution in [0.25, 0.3) is 10.8 Å². The Labute approximate surface area is 265 Å². The average Bonchev–Trinajstić information content (AvgIpc) is 2.99. The van der Waals surface area contributed by atoms with Gasteiger partial charge in [-0.1, -0.05) is 55.5 Å². The molecule has 0 atom stereocenters. The van der Waals surface area contributed by atoms with Gasteiger partial charge in [-0.3, -0.25) is 10.1 Å². The summed E-state index contributed by atoms with van der Waals surface area (Å²) in [4.78, 5) is 41.3. The number of halogens is 2. The summed E-state index contributed by atoms with van der Waals surface area (Å²) >= 11 is 3.50. The molecule has 43 heavy (non-hydrogen) atoms. The zero-order valence-electron chi connectivity index (χ0n) is 24.0. The van der Waals surface area contributed by atoms with Gasteiger partial charge >= 0.3 is 12.2 Å². The molecule has 4 rings (SSSR count). The lowest BCUT2D eigenvalue weighted by Crippen LogP contribution is -3.00. The molecule has 226 valence electrons. The second kappa shape index (κ2) is 16.5. The van der Waals surface area contributed by atoms with E-state index in [1.807, 2.05) is 83.7 Å². The minimum atomic E-state index is -0.614. The van der Waals surface area contributed by atoms with Gasteiger partial charge in [-0.05, 0) is 57.0 Å². The Bertz CT molecular complexity index is 1540. The molecule has 0 saturated heterocycles. The van der Waals surface area contributed by atoms with E-state index in [0.717, 1.165) is 28.2 Å². The van der Waals surface area contributed by atoms with Crippen molar-refractivity contribution in [1.82, 2.24) is 4.90 Å². The molecule has 1 heterocycles. The maximum absolute atomic E-state index is 13.6. The summed E-state index contributed by atoms with van der Waals surface area (Å²) in [5, 5.41) is 4.77. The minimum absolute atomic E-state index is 0. The Morgan fingerprint density at radius 1 is 0.860 bits per heavy atom. The fourth-order valence-corrected chi connectivity index (χ4v) is 4.84. The Balaban J connectivity index is 0.00000506. The quantitative estimate of drug-likeness (QED) is 0.248. The lowest BCUT2D eigenvalue weighted by atomic mass is 10.1. The summed E-state index contributed by atoms with van der Waals surface area (Å²) in [5.74, 6) is -0.206. The van der Waals surface area contributed by atoms with Gasteiger partial charge in [0.1, 0.15) is 25.3 Å². The first kappa shape index (κ1) is 33.4. The highest BCUT2D eigenvalue weighted by Crippen LogP contribution is 2.20. The molecule has 1 aromatic heterocycles. The number of nitrogens with zero attached hydrogens (tertiary/aromatic N) is 3. The van der Waals surface area contributed by atoms with Crippen LogP contribution in [0.3, 0.4) is 0 Å². The monoisotopic (exact) mass is 668 g/mol. The molecule has 0 aliphatic heterocycles. The van der Waals surface area contributed by atoms with Gasteiger partial charge in [-0.25, -0.2) is 14.2 Å². The fraction of sp³-hybridized carbons (Fsp3) is 0.250. The van der Waals surface area contributed by atoms with Crippen LogP contribution in [-0.4, -0.2) is 56.3 Å². The van der Waals surface area contributed by atoms with Crippen molar-refractivity contribution in [3.05, 3.63) is 101 Å². The number of aromatic nitrogens is 1. The van der Waals surface area contributed by atoms with Gasteiger partial charge in [0, 0.05) is 24.8 Å². The summed E-state index contributed by atoms with van der Waals surface area (Å²) in [6.07, 6.45) is 3.49. The number of ether oxygens (including phenoxy) is 2. The molecular formula is C32H34BrClN4O5. The number of fused-ring (bicyclic) bond motifs is 1. The highest BCUT2D eigenvalue weighted by atomic mass is 79.9. The van der Waals surface area contributed by atoms with E-state index in [1.54, 1.807) is 24.1 Å². The number of benzene rings is 3. The van der Waals surface area contributed by atoms with Gasteiger partial charge in [0.05, 0.1) is 17.6 Å². The number of anilines is 2. The molecule has 0 spiro atoms. The van der Waals surface area contributed by atoms with E-state index < -0.39 is 12.2 Å². The molecule has 3 aromatic carbocycles. The number of likely N-dealkylation sites (N-methyl/N-ethyl adjacent to an activating group) is 1. The summed E-state index contributed by atoms with van der Waals surface area (Å²) in [5.41, 5.74) is 1.83. The maximum Gasteiger partial charge on any atom is 0.411 e. The predicted octanol–water partition coefficient (Wildman–Crippen LogP) is 3.27. The van der Waals surface area contributed by atoms with Crippen LogP contribution in [0.15, 0.2) is 95.7 Å². The smallest absolute Gasteiger partial charge is 0.411 e. The summed E-state index contributed by atoms with van der Waals surface area (Å²) < 4.78 is 13.5. The van der Waals surface area contributed by atoms with E-state index in [4.69, 9.17) is 9.47 Å². The summed E-state index contributed by atoms with van der Waals surface area (Å²) in [6.45, 7) is 3.12. The van der Waals surface area contributed by atoms with Crippen molar-refractivity contribution >= 4 is 56.2 Å². The Morgan fingerprint density at radius 2 is 1.56 bits per heavy atom. The van der Waals surface area contributed by atoms with Crippen LogP contribution < -0.4 is 27.2 Å². The first-order chi connectivity index (χ1) is 20.3. The third-order valence-corrected chi connectivity index (χ3v) is 6.87. The lowest BCUT2D eigenvalue weighted by molar-refractivity contribution is -0.697. The van der Waals surface area contributed by atoms with Crippen molar-refractivity contribution in [2.24, 2.45) is 0 Å². The van der Waals surface area contributed by atoms with E-state index in [2.05, 4.69) is 28.2 Å². The number of nitrogens with one attached hydrogen (secondary N) is 1. The second-order valence-electron chi connectivity index (χ2n) is 9.63. The van der Waals surface area contributed by atoms with Crippen molar-refractivity contribution < 1.29 is 40.8 Å². The molecule has 1 N–H and O–H groups in total. The molecule has 9 nitrogen and oxygen atoms in total. The van der Waals surface area contributed by atoms with Gasteiger partial charge in [-0.2, -0.15) is 0 Å². The molecule has 0 unspecified atom stereocenters. The number of aryl methyl sites for hydroxylation is 1. The number of rotatable bonds is 11. The number of para-hydroxylation sites is 1. The van der Waals surface area contributed by atoms with Crippen molar-refractivity contribution in [3.8, 4) is 0 Å². The second-order valence-corrected chi connectivity index (χ2v) is 10.5. The molecule has 0 saturated carbocycles. The summed E-state index contributed by atoms with van der Waals surface area (Å²) in [7, 11) is 1.56. The van der Waals surface area contributed by atoms with Crippen LogP contribution in [0.4, 0.5) is 21.0 Å². The van der Waals surface area contributed by atoms with Crippen molar-refractivity contribution in [2.45, 2.75) is 19.9 Å². The molecule has 4 aromatic rings. The van der Waals surface area contributed by atoms with E-state index >= 15 is 0 Å². The molecule has 0 aliphatic rings. The third-order valence-electron chi connectivity index (χ3n) is 6.44. The molecule has 0 fully saturated rings. The van der Waals surface area contributed by atoms with Crippen LogP contribution in [-0.2, 0) is 16.0 Å². The lowest BCUT2D eigenvalue weighted by Gasteiger charge is -2.23. The van der Waals surface area contributed by atoms with E-state index in [1.165, 1.54) is 4.90 Å². The van der Waals surface area contributed by atoms with E-state index in [9.17, 15) is 14.4 Å².